The Morgan fingerprint density at radius 3 is 2.82 bits per heavy atom. The van der Waals surface area contributed by atoms with Crippen LogP contribution in [0.4, 0.5) is 4.39 Å². The first kappa shape index (κ1) is 11.6. The van der Waals surface area contributed by atoms with Gasteiger partial charge in [0.05, 0.1) is 19.0 Å². The summed E-state index contributed by atoms with van der Waals surface area (Å²) in [6.07, 6.45) is 1.69. The Morgan fingerprint density at radius 2 is 2.24 bits per heavy atom. The number of hydrogen-bond donors (Lipinski definition) is 1. The van der Waals surface area contributed by atoms with E-state index in [1.165, 1.54) is 13.2 Å². The van der Waals surface area contributed by atoms with E-state index in [0.717, 1.165) is 16.8 Å². The summed E-state index contributed by atoms with van der Waals surface area (Å²) in [5.41, 5.74) is 8.08. The highest BCUT2D eigenvalue weighted by atomic mass is 19.1. The average Bonchev–Trinajstić information content (AvgIpc) is 2.70. The van der Waals surface area contributed by atoms with Crippen molar-refractivity contribution in [3.8, 4) is 17.0 Å². The molecule has 0 unspecified atom stereocenters. The topological polar surface area (TPSA) is 53.1 Å². The first-order chi connectivity index (χ1) is 8.17. The smallest absolute Gasteiger partial charge is 0.165 e. The lowest BCUT2D eigenvalue weighted by Gasteiger charge is -2.07. The molecule has 1 aromatic heterocycles. The van der Waals surface area contributed by atoms with Crippen molar-refractivity contribution in [3.63, 3.8) is 0 Å². The van der Waals surface area contributed by atoms with Gasteiger partial charge in [0.2, 0.25) is 0 Å². The second kappa shape index (κ2) is 4.55. The van der Waals surface area contributed by atoms with Crippen LogP contribution in [0.5, 0.6) is 5.75 Å². The number of hydrogen-bond acceptors (Lipinski definition) is 3. The second-order valence-corrected chi connectivity index (χ2v) is 3.70. The zero-order valence-electron chi connectivity index (χ0n) is 9.77. The molecule has 1 heterocycles. The fraction of sp³-hybridized carbons (Fsp3) is 0.250. The quantitative estimate of drug-likeness (QED) is 0.880. The maximum atomic E-state index is 13.6. The first-order valence-electron chi connectivity index (χ1n) is 5.22. The van der Waals surface area contributed by atoms with Crippen LogP contribution in [0, 0.1) is 5.82 Å². The molecular formula is C12H14FN3O. The summed E-state index contributed by atoms with van der Waals surface area (Å²) in [6, 6.07) is 4.81. The largest absolute Gasteiger partial charge is 0.494 e. The Morgan fingerprint density at radius 1 is 1.47 bits per heavy atom. The summed E-state index contributed by atoms with van der Waals surface area (Å²) in [4.78, 5) is 0. The van der Waals surface area contributed by atoms with Crippen LogP contribution in [0.25, 0.3) is 11.3 Å². The molecule has 0 saturated heterocycles. The zero-order chi connectivity index (χ0) is 12.4. The monoisotopic (exact) mass is 235 g/mol. The van der Waals surface area contributed by atoms with Crippen LogP contribution in [0.2, 0.25) is 0 Å². The van der Waals surface area contributed by atoms with Gasteiger partial charge in [-0.3, -0.25) is 4.68 Å². The van der Waals surface area contributed by atoms with Gasteiger partial charge in [0.25, 0.3) is 0 Å². The molecule has 4 nitrogen and oxygen atoms in total. The number of halogens is 1. The van der Waals surface area contributed by atoms with Crippen LogP contribution in [-0.4, -0.2) is 16.9 Å². The van der Waals surface area contributed by atoms with E-state index in [4.69, 9.17) is 10.5 Å². The van der Waals surface area contributed by atoms with Gasteiger partial charge in [-0.1, -0.05) is 0 Å². The molecule has 0 atom stereocenters. The Hall–Kier alpha value is -1.88. The normalized spacial score (nSPS) is 10.6. The molecule has 0 bridgehead atoms. The summed E-state index contributed by atoms with van der Waals surface area (Å²) < 4.78 is 20.2. The summed E-state index contributed by atoms with van der Waals surface area (Å²) >= 11 is 0. The predicted molar refractivity (Wildman–Crippen MR) is 63.0 cm³/mol. The van der Waals surface area contributed by atoms with Crippen molar-refractivity contribution in [2.75, 3.05) is 7.11 Å². The molecule has 1 aromatic carbocycles. The van der Waals surface area contributed by atoms with Gasteiger partial charge in [-0.25, -0.2) is 4.39 Å². The predicted octanol–water partition coefficient (Wildman–Crippen LogP) is 1.69. The minimum absolute atomic E-state index is 0.227. The molecule has 0 aliphatic heterocycles. The van der Waals surface area contributed by atoms with Gasteiger partial charge in [0.15, 0.2) is 11.6 Å². The minimum atomic E-state index is -0.394. The number of aryl methyl sites for hydroxylation is 1. The Balaban J connectivity index is 2.53. The third kappa shape index (κ3) is 2.01. The van der Waals surface area contributed by atoms with Crippen molar-refractivity contribution in [1.82, 2.24) is 9.78 Å². The van der Waals surface area contributed by atoms with E-state index >= 15 is 0 Å². The molecule has 0 fully saturated rings. The van der Waals surface area contributed by atoms with Crippen molar-refractivity contribution >= 4 is 0 Å². The van der Waals surface area contributed by atoms with Crippen LogP contribution in [0.15, 0.2) is 24.4 Å². The van der Waals surface area contributed by atoms with E-state index < -0.39 is 5.82 Å². The molecule has 0 amide bonds. The van der Waals surface area contributed by atoms with Gasteiger partial charge in [0, 0.05) is 24.7 Å². The molecule has 0 radical (unpaired) electrons. The number of ether oxygens (including phenoxy) is 1. The maximum Gasteiger partial charge on any atom is 0.165 e. The second-order valence-electron chi connectivity index (χ2n) is 3.70. The Bertz CT molecular complexity index is 537. The van der Waals surface area contributed by atoms with E-state index in [1.54, 1.807) is 30.1 Å². The maximum absolute atomic E-state index is 13.6. The highest BCUT2D eigenvalue weighted by Gasteiger charge is 2.12. The molecule has 0 aliphatic carbocycles. The molecule has 2 rings (SSSR count). The number of nitrogens with zero attached hydrogens (tertiary/aromatic N) is 2. The molecule has 90 valence electrons. The lowest BCUT2D eigenvalue weighted by atomic mass is 10.1. The third-order valence-corrected chi connectivity index (χ3v) is 2.66. The van der Waals surface area contributed by atoms with Gasteiger partial charge in [-0.05, 0) is 18.2 Å². The van der Waals surface area contributed by atoms with Crippen molar-refractivity contribution in [2.24, 2.45) is 12.8 Å². The fourth-order valence-electron chi connectivity index (χ4n) is 1.82. The van der Waals surface area contributed by atoms with Gasteiger partial charge in [0.1, 0.15) is 0 Å². The van der Waals surface area contributed by atoms with Crippen molar-refractivity contribution in [1.29, 1.82) is 0 Å². The van der Waals surface area contributed by atoms with Crippen LogP contribution in [0.1, 0.15) is 5.56 Å². The molecule has 2 N–H and O–H groups in total. The van der Waals surface area contributed by atoms with Crippen LogP contribution in [0.3, 0.4) is 0 Å². The van der Waals surface area contributed by atoms with E-state index in [1.807, 2.05) is 0 Å². The molecule has 0 saturated carbocycles. The average molecular weight is 235 g/mol. The fourth-order valence-corrected chi connectivity index (χ4v) is 1.82. The van der Waals surface area contributed by atoms with Crippen LogP contribution in [-0.2, 0) is 13.6 Å². The number of nitrogens with two attached hydrogens (primary N) is 1. The Labute approximate surface area is 98.8 Å². The Kier molecular flexibility index (Phi) is 3.10. The molecular weight excluding hydrogens is 221 g/mol. The molecule has 0 aliphatic rings. The summed E-state index contributed by atoms with van der Waals surface area (Å²) in [6.45, 7) is 0.372. The summed E-state index contributed by atoms with van der Waals surface area (Å²) in [5, 5.41) is 4.12. The molecule has 2 aromatic rings. The zero-order valence-corrected chi connectivity index (χ0v) is 9.77. The number of rotatable bonds is 3. The van der Waals surface area contributed by atoms with Gasteiger partial charge >= 0.3 is 0 Å². The minimum Gasteiger partial charge on any atom is -0.494 e. The van der Waals surface area contributed by atoms with Crippen LogP contribution >= 0.6 is 0 Å². The standard InChI is InChI=1S/C12H14FN3O/c1-16-12(9(6-14)7-15-16)8-3-4-11(17-2)10(13)5-8/h3-5,7H,6,14H2,1-2H3. The van der Waals surface area contributed by atoms with E-state index in [0.29, 0.717) is 6.54 Å². The lowest BCUT2D eigenvalue weighted by molar-refractivity contribution is 0.386. The van der Waals surface area contributed by atoms with Crippen molar-refractivity contribution in [2.45, 2.75) is 6.54 Å². The van der Waals surface area contributed by atoms with Crippen LogP contribution < -0.4 is 10.5 Å². The van der Waals surface area contributed by atoms with Gasteiger partial charge in [-0.15, -0.1) is 0 Å². The number of methoxy groups -OCH3 is 1. The first-order valence-corrected chi connectivity index (χ1v) is 5.22. The molecule has 5 heteroatoms. The SMILES string of the molecule is COc1ccc(-c2c(CN)cnn2C)cc1F. The molecule has 0 spiro atoms. The molecule has 17 heavy (non-hydrogen) atoms. The summed E-state index contributed by atoms with van der Waals surface area (Å²) in [5.74, 6) is -0.167. The number of aromatic nitrogens is 2. The summed E-state index contributed by atoms with van der Waals surface area (Å²) in [7, 11) is 3.24. The van der Waals surface area contributed by atoms with E-state index in [9.17, 15) is 4.39 Å². The third-order valence-electron chi connectivity index (χ3n) is 2.66. The highest BCUT2D eigenvalue weighted by molar-refractivity contribution is 5.64. The van der Waals surface area contributed by atoms with Crippen molar-refractivity contribution in [3.05, 3.63) is 35.8 Å². The van der Waals surface area contributed by atoms with E-state index in [2.05, 4.69) is 5.10 Å². The van der Waals surface area contributed by atoms with Gasteiger partial charge in [-0.2, -0.15) is 5.10 Å². The van der Waals surface area contributed by atoms with Gasteiger partial charge < -0.3 is 10.5 Å². The highest BCUT2D eigenvalue weighted by Crippen LogP contribution is 2.27. The van der Waals surface area contributed by atoms with E-state index in [-0.39, 0.29) is 5.75 Å². The van der Waals surface area contributed by atoms with Crippen molar-refractivity contribution < 1.29 is 9.13 Å². The lowest BCUT2D eigenvalue weighted by Crippen LogP contribution is -2.00. The number of benzene rings is 1.